The van der Waals surface area contributed by atoms with Gasteiger partial charge in [-0.1, -0.05) is 13.0 Å². The molecule has 0 unspecified atom stereocenters. The maximum Gasteiger partial charge on any atom is 0.170 e. The van der Waals surface area contributed by atoms with Gasteiger partial charge >= 0.3 is 0 Å². The van der Waals surface area contributed by atoms with Gasteiger partial charge in [-0.15, -0.1) is 0 Å². The third-order valence-electron chi connectivity index (χ3n) is 4.30. The predicted molar refractivity (Wildman–Crippen MR) is 105 cm³/mol. The van der Waals surface area contributed by atoms with Crippen LogP contribution in [0.3, 0.4) is 0 Å². The Labute approximate surface area is 156 Å². The fraction of sp³-hybridized carbons (Fsp3) is 0.412. The number of nitrogens with zero attached hydrogens (tertiary/aromatic N) is 2. The van der Waals surface area contributed by atoms with Crippen LogP contribution in [-0.4, -0.2) is 26.5 Å². The number of aromatic nitrogens is 2. The minimum absolute atomic E-state index is 0.0812. The summed E-state index contributed by atoms with van der Waals surface area (Å²) in [4.78, 5) is 10.4. The maximum absolute atomic E-state index is 5.63. The Balaban J connectivity index is 2.11. The summed E-state index contributed by atoms with van der Waals surface area (Å²) in [5.74, 6) is 0. The molecule has 0 amide bonds. The van der Waals surface area contributed by atoms with E-state index in [1.807, 2.05) is 18.3 Å². The first-order chi connectivity index (χ1) is 11.0. The molecular formula is C17H21IN4S. The number of aryl methyl sites for hydroxylation is 2. The minimum Gasteiger partial charge on any atom is -0.362 e. The van der Waals surface area contributed by atoms with Crippen molar-refractivity contribution in [1.82, 2.24) is 20.2 Å². The lowest BCUT2D eigenvalue weighted by Gasteiger charge is -2.28. The molecule has 0 bridgehead atoms. The molecule has 23 heavy (non-hydrogen) atoms. The van der Waals surface area contributed by atoms with Crippen LogP contribution in [0.1, 0.15) is 48.1 Å². The molecule has 3 rings (SSSR count). The molecule has 4 nitrogen and oxygen atoms in total. The largest absolute Gasteiger partial charge is 0.362 e. The average Bonchev–Trinajstić information content (AvgIpc) is 2.98. The number of H-pyrrole nitrogens is 1. The summed E-state index contributed by atoms with van der Waals surface area (Å²) < 4.78 is 1.29. The molecule has 1 aliphatic heterocycles. The highest BCUT2D eigenvalue weighted by atomic mass is 127. The monoisotopic (exact) mass is 440 g/mol. The van der Waals surface area contributed by atoms with Crippen LogP contribution < -0.4 is 5.32 Å². The van der Waals surface area contributed by atoms with Crippen molar-refractivity contribution in [2.24, 2.45) is 0 Å². The molecule has 0 spiro atoms. The van der Waals surface area contributed by atoms with Gasteiger partial charge in [0.2, 0.25) is 0 Å². The second-order valence-corrected chi connectivity index (χ2v) is 7.39. The Kier molecular flexibility index (Phi) is 4.91. The van der Waals surface area contributed by atoms with E-state index in [9.17, 15) is 0 Å². The van der Waals surface area contributed by atoms with Crippen molar-refractivity contribution in [3.05, 3.63) is 50.6 Å². The molecule has 2 atom stereocenters. The van der Waals surface area contributed by atoms with Gasteiger partial charge in [-0.2, -0.15) is 0 Å². The Bertz CT molecular complexity index is 713. The van der Waals surface area contributed by atoms with Crippen LogP contribution in [0.2, 0.25) is 0 Å². The molecule has 3 heterocycles. The van der Waals surface area contributed by atoms with Gasteiger partial charge in [0.15, 0.2) is 5.11 Å². The smallest absolute Gasteiger partial charge is 0.170 e. The lowest BCUT2D eigenvalue weighted by atomic mass is 9.96. The van der Waals surface area contributed by atoms with Crippen LogP contribution in [0.5, 0.6) is 0 Å². The standard InChI is InChI=1S/C17H21IN4S/c1-4-9-22-16(13-10(2)20-11(3)14(13)18)15(21-17(22)23)12-7-5-6-8-19-12/h5-8,15-16,20H,4,9H2,1-3H3,(H,21,23)/t15-,16-/m0/s1. The number of pyridine rings is 1. The Morgan fingerprint density at radius 3 is 2.65 bits per heavy atom. The number of hydrogen-bond donors (Lipinski definition) is 2. The third kappa shape index (κ3) is 2.98. The Morgan fingerprint density at radius 2 is 2.09 bits per heavy atom. The maximum atomic E-state index is 5.63. The van der Waals surface area contributed by atoms with Gasteiger partial charge in [0.25, 0.3) is 0 Å². The fourth-order valence-corrected chi connectivity index (χ4v) is 4.51. The normalized spacial score (nSPS) is 20.9. The molecule has 122 valence electrons. The molecule has 2 aromatic rings. The topological polar surface area (TPSA) is 44.0 Å². The second kappa shape index (κ2) is 6.76. The van der Waals surface area contributed by atoms with Crippen molar-refractivity contribution in [1.29, 1.82) is 0 Å². The van der Waals surface area contributed by atoms with E-state index >= 15 is 0 Å². The third-order valence-corrected chi connectivity index (χ3v) is 6.05. The van der Waals surface area contributed by atoms with Gasteiger partial charge in [0.1, 0.15) is 0 Å². The zero-order chi connectivity index (χ0) is 16.6. The second-order valence-electron chi connectivity index (χ2n) is 5.92. The molecule has 1 aliphatic rings. The molecule has 0 radical (unpaired) electrons. The Hall–Kier alpha value is -1.15. The Morgan fingerprint density at radius 1 is 1.30 bits per heavy atom. The lowest BCUT2D eigenvalue weighted by molar-refractivity contribution is 0.316. The molecule has 0 saturated carbocycles. The van der Waals surface area contributed by atoms with Crippen molar-refractivity contribution in [2.75, 3.05) is 6.54 Å². The first-order valence-corrected chi connectivity index (χ1v) is 9.36. The summed E-state index contributed by atoms with van der Waals surface area (Å²) >= 11 is 8.07. The van der Waals surface area contributed by atoms with Crippen LogP contribution in [0.25, 0.3) is 0 Å². The summed E-state index contributed by atoms with van der Waals surface area (Å²) in [5.41, 5.74) is 4.80. The molecule has 2 aromatic heterocycles. The first kappa shape index (κ1) is 16.7. The first-order valence-electron chi connectivity index (χ1n) is 7.87. The molecule has 1 saturated heterocycles. The number of aromatic amines is 1. The molecule has 0 aliphatic carbocycles. The summed E-state index contributed by atoms with van der Waals surface area (Å²) in [6, 6.07) is 6.31. The van der Waals surface area contributed by atoms with E-state index in [4.69, 9.17) is 12.2 Å². The zero-order valence-corrected chi connectivity index (χ0v) is 16.5. The number of rotatable bonds is 4. The summed E-state index contributed by atoms with van der Waals surface area (Å²) in [6.45, 7) is 7.40. The summed E-state index contributed by atoms with van der Waals surface area (Å²) in [7, 11) is 0. The van der Waals surface area contributed by atoms with Gasteiger partial charge in [-0.05, 0) is 67.2 Å². The highest BCUT2D eigenvalue weighted by Gasteiger charge is 2.41. The van der Waals surface area contributed by atoms with E-state index in [0.717, 1.165) is 23.8 Å². The van der Waals surface area contributed by atoms with Crippen molar-refractivity contribution >= 4 is 39.9 Å². The van der Waals surface area contributed by atoms with Crippen molar-refractivity contribution in [2.45, 2.75) is 39.3 Å². The van der Waals surface area contributed by atoms with E-state index in [-0.39, 0.29) is 12.1 Å². The van der Waals surface area contributed by atoms with Crippen LogP contribution >= 0.6 is 34.8 Å². The zero-order valence-electron chi connectivity index (χ0n) is 13.6. The van der Waals surface area contributed by atoms with Crippen LogP contribution in [0.4, 0.5) is 0 Å². The highest BCUT2D eigenvalue weighted by Crippen LogP contribution is 2.42. The van der Waals surface area contributed by atoms with Gasteiger partial charge in [-0.3, -0.25) is 4.98 Å². The van der Waals surface area contributed by atoms with Gasteiger partial charge in [0.05, 0.1) is 17.8 Å². The molecule has 1 fully saturated rings. The van der Waals surface area contributed by atoms with E-state index in [0.29, 0.717) is 0 Å². The number of nitrogens with one attached hydrogen (secondary N) is 2. The van der Waals surface area contributed by atoms with Crippen LogP contribution in [0.15, 0.2) is 24.4 Å². The number of halogens is 1. The number of hydrogen-bond acceptors (Lipinski definition) is 2. The van der Waals surface area contributed by atoms with Gasteiger partial charge in [-0.25, -0.2) is 0 Å². The SMILES string of the molecule is CCCN1C(=S)N[C@@H](c2ccccn2)[C@@H]1c1c(C)[nH]c(C)c1I. The number of thiocarbonyl (C=S) groups is 1. The average molecular weight is 440 g/mol. The molecular weight excluding hydrogens is 419 g/mol. The van der Waals surface area contributed by atoms with Gasteiger partial charge in [0, 0.05) is 33.3 Å². The van der Waals surface area contributed by atoms with E-state index in [1.165, 1.54) is 20.5 Å². The summed E-state index contributed by atoms with van der Waals surface area (Å²) in [5, 5.41) is 4.32. The highest BCUT2D eigenvalue weighted by molar-refractivity contribution is 14.1. The summed E-state index contributed by atoms with van der Waals surface area (Å²) in [6.07, 6.45) is 2.91. The van der Waals surface area contributed by atoms with Crippen molar-refractivity contribution in [3.8, 4) is 0 Å². The quantitative estimate of drug-likeness (QED) is 0.557. The fourth-order valence-electron chi connectivity index (χ4n) is 3.32. The van der Waals surface area contributed by atoms with E-state index in [1.54, 1.807) is 0 Å². The van der Waals surface area contributed by atoms with E-state index < -0.39 is 0 Å². The molecule has 6 heteroatoms. The molecule has 0 aromatic carbocycles. The minimum atomic E-state index is 0.0812. The van der Waals surface area contributed by atoms with Crippen LogP contribution in [-0.2, 0) is 0 Å². The lowest BCUT2D eigenvalue weighted by Crippen LogP contribution is -2.30. The van der Waals surface area contributed by atoms with E-state index in [2.05, 4.69) is 69.6 Å². The predicted octanol–water partition coefficient (Wildman–Crippen LogP) is 4.01. The van der Waals surface area contributed by atoms with Crippen LogP contribution in [0, 0.1) is 17.4 Å². The van der Waals surface area contributed by atoms with Gasteiger partial charge < -0.3 is 15.2 Å². The van der Waals surface area contributed by atoms with Crippen molar-refractivity contribution in [3.63, 3.8) is 0 Å². The molecule has 2 N–H and O–H groups in total. The van der Waals surface area contributed by atoms with Crippen molar-refractivity contribution < 1.29 is 0 Å².